The van der Waals surface area contributed by atoms with Crippen LogP contribution in [-0.4, -0.2) is 35.1 Å². The average molecular weight is 413 g/mol. The van der Waals surface area contributed by atoms with Crippen LogP contribution in [0.5, 0.6) is 0 Å². The van der Waals surface area contributed by atoms with Crippen molar-refractivity contribution in [3.8, 4) is 6.07 Å². The number of fused-ring (bicyclic) bond motifs is 2. The third-order valence-electron chi connectivity index (χ3n) is 6.82. The molecule has 5 rings (SSSR count). The van der Waals surface area contributed by atoms with Crippen LogP contribution >= 0.6 is 0 Å². The molecule has 2 aromatic carbocycles. The zero-order valence-corrected chi connectivity index (χ0v) is 17.1. The van der Waals surface area contributed by atoms with Gasteiger partial charge in [0.15, 0.2) is 0 Å². The van der Waals surface area contributed by atoms with Gasteiger partial charge < -0.3 is 10.2 Å². The maximum Gasteiger partial charge on any atom is 0.237 e. The number of para-hydroxylation sites is 1. The molecule has 0 radical (unpaired) electrons. The average Bonchev–Trinajstić information content (AvgIpc) is 3.52. The number of carbonyl (C=O) groups excluding carboxylic acids is 3. The third-order valence-corrected chi connectivity index (χ3v) is 6.82. The number of amides is 2. The molecular weight excluding hydrogens is 390 g/mol. The van der Waals surface area contributed by atoms with E-state index in [9.17, 15) is 19.6 Å². The van der Waals surface area contributed by atoms with Gasteiger partial charge in [0.1, 0.15) is 17.7 Å². The lowest BCUT2D eigenvalue weighted by Crippen LogP contribution is -2.45. The van der Waals surface area contributed by atoms with Crippen LogP contribution in [0.4, 0.5) is 5.69 Å². The van der Waals surface area contributed by atoms with Gasteiger partial charge in [0, 0.05) is 24.6 Å². The van der Waals surface area contributed by atoms with Gasteiger partial charge >= 0.3 is 0 Å². The van der Waals surface area contributed by atoms with Crippen LogP contribution < -0.4 is 5.32 Å². The maximum atomic E-state index is 13.7. The molecule has 2 aromatic rings. The van der Waals surface area contributed by atoms with Crippen molar-refractivity contribution in [1.82, 2.24) is 4.90 Å². The van der Waals surface area contributed by atoms with E-state index in [1.165, 1.54) is 4.90 Å². The summed E-state index contributed by atoms with van der Waals surface area (Å²) >= 11 is 0. The Morgan fingerprint density at radius 3 is 2.55 bits per heavy atom. The van der Waals surface area contributed by atoms with Gasteiger partial charge in [0.2, 0.25) is 11.8 Å². The molecule has 1 spiro atoms. The van der Waals surface area contributed by atoms with Crippen molar-refractivity contribution in [3.05, 3.63) is 65.7 Å². The first-order valence-electron chi connectivity index (χ1n) is 10.7. The number of nitrogens with one attached hydrogen (secondary N) is 1. The lowest BCUT2D eigenvalue weighted by molar-refractivity contribution is -0.142. The minimum Gasteiger partial charge on any atom is -0.325 e. The van der Waals surface area contributed by atoms with Gasteiger partial charge in [-0.3, -0.25) is 14.4 Å². The minimum absolute atomic E-state index is 0.0391. The van der Waals surface area contributed by atoms with Crippen molar-refractivity contribution in [2.24, 2.45) is 11.8 Å². The summed E-state index contributed by atoms with van der Waals surface area (Å²) in [5.74, 6) is -1.44. The molecule has 1 N–H and O–H groups in total. The van der Waals surface area contributed by atoms with Crippen LogP contribution in [0.1, 0.15) is 30.4 Å². The monoisotopic (exact) mass is 413 g/mol. The quantitative estimate of drug-likeness (QED) is 0.763. The number of Topliss-reactive ketones (excluding diaryl/α,β-unsaturated/α-hetero) is 1. The Kier molecular flexibility index (Phi) is 4.62. The molecule has 0 bridgehead atoms. The highest BCUT2D eigenvalue weighted by atomic mass is 16.2. The lowest BCUT2D eigenvalue weighted by Gasteiger charge is -2.26. The van der Waals surface area contributed by atoms with E-state index >= 15 is 0 Å². The van der Waals surface area contributed by atoms with E-state index in [2.05, 4.69) is 11.4 Å². The molecule has 2 amide bonds. The Morgan fingerprint density at radius 1 is 1.13 bits per heavy atom. The Balaban J connectivity index is 1.47. The molecule has 6 heteroatoms. The molecule has 2 heterocycles. The number of rotatable bonds is 5. The van der Waals surface area contributed by atoms with Crippen LogP contribution in [-0.2, 0) is 26.2 Å². The number of nitriles is 1. The molecule has 2 aliphatic heterocycles. The van der Waals surface area contributed by atoms with Crippen LogP contribution in [0.3, 0.4) is 0 Å². The molecule has 3 aliphatic rings. The molecule has 31 heavy (non-hydrogen) atoms. The maximum absolute atomic E-state index is 13.7. The van der Waals surface area contributed by atoms with Gasteiger partial charge in [0.05, 0.1) is 11.5 Å². The fourth-order valence-electron chi connectivity index (χ4n) is 5.00. The first-order valence-corrected chi connectivity index (χ1v) is 10.7. The van der Waals surface area contributed by atoms with E-state index in [-0.39, 0.29) is 36.5 Å². The predicted molar refractivity (Wildman–Crippen MR) is 114 cm³/mol. The van der Waals surface area contributed by atoms with Crippen molar-refractivity contribution in [1.29, 1.82) is 5.26 Å². The van der Waals surface area contributed by atoms with E-state index < -0.39 is 17.4 Å². The van der Waals surface area contributed by atoms with Crippen LogP contribution in [0.25, 0.3) is 0 Å². The topological polar surface area (TPSA) is 90.3 Å². The van der Waals surface area contributed by atoms with Crippen molar-refractivity contribution in [2.45, 2.75) is 37.1 Å². The van der Waals surface area contributed by atoms with E-state index in [0.29, 0.717) is 6.42 Å². The van der Waals surface area contributed by atoms with Crippen molar-refractivity contribution < 1.29 is 14.4 Å². The molecule has 6 nitrogen and oxygen atoms in total. The number of anilines is 1. The molecule has 156 valence electrons. The first-order chi connectivity index (χ1) is 15.0. The Labute approximate surface area is 180 Å². The normalized spacial score (nSPS) is 25.1. The van der Waals surface area contributed by atoms with Crippen molar-refractivity contribution >= 4 is 23.3 Å². The second kappa shape index (κ2) is 7.35. The predicted octanol–water partition coefficient (Wildman–Crippen LogP) is 2.84. The summed E-state index contributed by atoms with van der Waals surface area (Å²) in [6, 6.07) is 18.4. The minimum atomic E-state index is -0.938. The highest BCUT2D eigenvalue weighted by Gasteiger charge is 2.57. The number of likely N-dealkylation sites (tertiary alicyclic amines) is 1. The molecule has 1 unspecified atom stereocenters. The molecule has 1 saturated carbocycles. The van der Waals surface area contributed by atoms with Crippen LogP contribution in [0.2, 0.25) is 0 Å². The van der Waals surface area contributed by atoms with E-state index in [1.807, 2.05) is 54.6 Å². The molecule has 0 aromatic heterocycles. The summed E-state index contributed by atoms with van der Waals surface area (Å²) in [7, 11) is 0. The van der Waals surface area contributed by atoms with Gasteiger partial charge in [-0.1, -0.05) is 48.5 Å². The van der Waals surface area contributed by atoms with Gasteiger partial charge in [-0.15, -0.1) is 0 Å². The molecule has 2 fully saturated rings. The summed E-state index contributed by atoms with van der Waals surface area (Å²) < 4.78 is 0. The van der Waals surface area contributed by atoms with Crippen molar-refractivity contribution in [2.75, 3.05) is 11.9 Å². The molecule has 3 atom stereocenters. The number of benzene rings is 2. The lowest BCUT2D eigenvalue weighted by atomic mass is 9.80. The summed E-state index contributed by atoms with van der Waals surface area (Å²) in [5, 5.41) is 12.7. The number of carbonyl (C=O) groups is 3. The smallest absolute Gasteiger partial charge is 0.237 e. The standard InChI is InChI=1S/C25H23N3O3/c26-14-18-13-25(20-8-4-5-9-21(20)27-24(25)31)15-28(18)23(30)19(22(29)17-10-11-17)12-16-6-2-1-3-7-16/h1-9,17-19H,10-13,15H2,(H,27,31)/t18-,19?,25-/m0/s1. The summed E-state index contributed by atoms with van der Waals surface area (Å²) in [6.45, 7) is 0.121. The van der Waals surface area contributed by atoms with E-state index in [0.717, 1.165) is 29.7 Å². The summed E-state index contributed by atoms with van der Waals surface area (Å²) in [6.07, 6.45) is 2.20. The number of nitrogens with zero attached hydrogens (tertiary/aromatic N) is 2. The Bertz CT molecular complexity index is 1100. The summed E-state index contributed by atoms with van der Waals surface area (Å²) in [4.78, 5) is 41.2. The Morgan fingerprint density at radius 2 is 1.84 bits per heavy atom. The second-order valence-corrected chi connectivity index (χ2v) is 8.82. The molecular formula is C25H23N3O3. The van der Waals surface area contributed by atoms with Crippen LogP contribution in [0, 0.1) is 23.2 Å². The van der Waals surface area contributed by atoms with E-state index in [4.69, 9.17) is 0 Å². The van der Waals surface area contributed by atoms with E-state index in [1.54, 1.807) is 0 Å². The molecule has 1 aliphatic carbocycles. The summed E-state index contributed by atoms with van der Waals surface area (Å²) in [5.41, 5.74) is 1.53. The number of ketones is 1. The van der Waals surface area contributed by atoms with Gasteiger partial charge in [-0.25, -0.2) is 0 Å². The first kappa shape index (κ1) is 19.5. The highest BCUT2D eigenvalue weighted by molar-refractivity contribution is 6.08. The second-order valence-electron chi connectivity index (χ2n) is 8.82. The largest absolute Gasteiger partial charge is 0.325 e. The fraction of sp³-hybridized carbons (Fsp3) is 0.360. The van der Waals surface area contributed by atoms with Gasteiger partial charge in [0.25, 0.3) is 0 Å². The SMILES string of the molecule is N#C[C@@H]1C[C@@]2(CN1C(=O)C(Cc1ccccc1)C(=O)C1CC1)C(=O)Nc1ccccc12. The van der Waals surface area contributed by atoms with Crippen LogP contribution in [0.15, 0.2) is 54.6 Å². The zero-order valence-electron chi connectivity index (χ0n) is 17.1. The fourth-order valence-corrected chi connectivity index (χ4v) is 5.00. The van der Waals surface area contributed by atoms with Gasteiger partial charge in [-0.05, 0) is 36.5 Å². The van der Waals surface area contributed by atoms with Crippen molar-refractivity contribution in [3.63, 3.8) is 0 Å². The molecule has 1 saturated heterocycles. The van der Waals surface area contributed by atoms with Gasteiger partial charge in [-0.2, -0.15) is 5.26 Å². The highest BCUT2D eigenvalue weighted by Crippen LogP contribution is 2.47. The third kappa shape index (κ3) is 3.21. The number of hydrogen-bond acceptors (Lipinski definition) is 4. The number of hydrogen-bond donors (Lipinski definition) is 1. The zero-order chi connectivity index (χ0) is 21.6. The Hall–Kier alpha value is -3.46.